The molecule has 0 fully saturated rings. The van der Waals surface area contributed by atoms with Gasteiger partial charge in [-0.05, 0) is 18.3 Å². The molecule has 0 amide bonds. The number of H-pyrrole nitrogens is 1. The van der Waals surface area contributed by atoms with Crippen LogP contribution in [0.3, 0.4) is 0 Å². The van der Waals surface area contributed by atoms with Gasteiger partial charge in [0, 0.05) is 18.3 Å². The number of aromatic amines is 1. The maximum absolute atomic E-state index is 13.8. The molecule has 0 spiro atoms. The molecular formula is C12H6F3N3S. The number of rotatable bonds is 1. The molecule has 0 atom stereocenters. The molecule has 3 aromatic rings. The lowest BCUT2D eigenvalue weighted by Crippen LogP contribution is -2.02. The van der Waals surface area contributed by atoms with Gasteiger partial charge in [0.05, 0.1) is 17.2 Å². The first-order valence-corrected chi connectivity index (χ1v) is 5.68. The van der Waals surface area contributed by atoms with Gasteiger partial charge in [0.25, 0.3) is 0 Å². The Morgan fingerprint density at radius 3 is 2.53 bits per heavy atom. The average molecular weight is 281 g/mol. The van der Waals surface area contributed by atoms with E-state index in [4.69, 9.17) is 12.2 Å². The quantitative estimate of drug-likeness (QED) is 0.693. The number of nitrogens with one attached hydrogen (secondary N) is 1. The van der Waals surface area contributed by atoms with E-state index in [0.29, 0.717) is 23.2 Å². The van der Waals surface area contributed by atoms with Gasteiger partial charge in [0.15, 0.2) is 16.4 Å². The van der Waals surface area contributed by atoms with Gasteiger partial charge in [-0.3, -0.25) is 9.55 Å². The summed E-state index contributed by atoms with van der Waals surface area (Å²) >= 11 is 5.04. The predicted octanol–water partition coefficient (Wildman–Crippen LogP) is 3.50. The van der Waals surface area contributed by atoms with Crippen molar-refractivity contribution in [3.8, 4) is 5.69 Å². The van der Waals surface area contributed by atoms with E-state index in [1.54, 1.807) is 6.07 Å². The first-order chi connectivity index (χ1) is 9.08. The highest BCUT2D eigenvalue weighted by Gasteiger charge is 2.16. The minimum atomic E-state index is -1.02. The van der Waals surface area contributed by atoms with Crippen molar-refractivity contribution >= 4 is 23.3 Å². The second kappa shape index (κ2) is 4.20. The number of pyridine rings is 1. The van der Waals surface area contributed by atoms with Gasteiger partial charge in [0.1, 0.15) is 11.5 Å². The van der Waals surface area contributed by atoms with Crippen molar-refractivity contribution in [1.82, 2.24) is 14.5 Å². The molecule has 19 heavy (non-hydrogen) atoms. The number of hydrogen-bond donors (Lipinski definition) is 1. The molecule has 7 heteroatoms. The van der Waals surface area contributed by atoms with Gasteiger partial charge < -0.3 is 4.98 Å². The second-order valence-electron chi connectivity index (χ2n) is 3.88. The normalized spacial score (nSPS) is 11.1. The summed E-state index contributed by atoms with van der Waals surface area (Å²) < 4.78 is 41.8. The van der Waals surface area contributed by atoms with Crippen LogP contribution in [0.2, 0.25) is 0 Å². The van der Waals surface area contributed by atoms with E-state index in [1.165, 1.54) is 17.0 Å². The Morgan fingerprint density at radius 1 is 1.16 bits per heavy atom. The predicted molar refractivity (Wildman–Crippen MR) is 66.1 cm³/mol. The van der Waals surface area contributed by atoms with Crippen LogP contribution < -0.4 is 0 Å². The molecule has 1 N–H and O–H groups in total. The number of benzene rings is 1. The summed E-state index contributed by atoms with van der Waals surface area (Å²) in [6, 6.07) is 2.78. The molecule has 0 aliphatic carbocycles. The zero-order valence-corrected chi connectivity index (χ0v) is 10.1. The topological polar surface area (TPSA) is 33.6 Å². The lowest BCUT2D eigenvalue weighted by atomic mass is 10.2. The van der Waals surface area contributed by atoms with Gasteiger partial charge in [0.2, 0.25) is 0 Å². The zero-order valence-electron chi connectivity index (χ0n) is 9.32. The third kappa shape index (κ3) is 1.82. The summed E-state index contributed by atoms with van der Waals surface area (Å²) in [6.07, 6.45) is 2.96. The Kier molecular flexibility index (Phi) is 2.63. The van der Waals surface area contributed by atoms with Crippen LogP contribution in [0, 0.1) is 22.2 Å². The fraction of sp³-hybridized carbons (Fsp3) is 0. The lowest BCUT2D eigenvalue weighted by molar-refractivity contribution is 0.535. The van der Waals surface area contributed by atoms with E-state index < -0.39 is 23.1 Å². The number of aromatic nitrogens is 3. The molecule has 0 bridgehead atoms. The van der Waals surface area contributed by atoms with Crippen LogP contribution >= 0.6 is 12.2 Å². The van der Waals surface area contributed by atoms with Crippen LogP contribution in [0.25, 0.3) is 16.7 Å². The summed E-state index contributed by atoms with van der Waals surface area (Å²) in [5.74, 6) is -3.02. The Morgan fingerprint density at radius 2 is 1.84 bits per heavy atom. The Labute approximate surface area is 110 Å². The van der Waals surface area contributed by atoms with E-state index >= 15 is 0 Å². The van der Waals surface area contributed by atoms with Crippen LogP contribution in [-0.4, -0.2) is 14.5 Å². The third-order valence-corrected chi connectivity index (χ3v) is 2.97. The molecular weight excluding hydrogens is 275 g/mol. The maximum Gasteiger partial charge on any atom is 0.182 e. The second-order valence-corrected chi connectivity index (χ2v) is 4.26. The van der Waals surface area contributed by atoms with Crippen molar-refractivity contribution < 1.29 is 13.2 Å². The molecule has 0 saturated heterocycles. The van der Waals surface area contributed by atoms with Gasteiger partial charge in [-0.15, -0.1) is 0 Å². The monoisotopic (exact) mass is 281 g/mol. The van der Waals surface area contributed by atoms with E-state index in [9.17, 15) is 13.2 Å². The first-order valence-electron chi connectivity index (χ1n) is 5.27. The largest absolute Gasteiger partial charge is 0.329 e. The minimum Gasteiger partial charge on any atom is -0.329 e. The lowest BCUT2D eigenvalue weighted by Gasteiger charge is -2.07. The molecule has 3 rings (SSSR count). The van der Waals surface area contributed by atoms with Crippen molar-refractivity contribution in [2.24, 2.45) is 0 Å². The fourth-order valence-corrected chi connectivity index (χ4v) is 2.23. The zero-order chi connectivity index (χ0) is 13.6. The maximum atomic E-state index is 13.8. The Balaban J connectivity index is 2.43. The fourth-order valence-electron chi connectivity index (χ4n) is 1.93. The van der Waals surface area contributed by atoms with Crippen molar-refractivity contribution in [2.45, 2.75) is 0 Å². The molecule has 2 heterocycles. The van der Waals surface area contributed by atoms with Crippen LogP contribution in [0.1, 0.15) is 0 Å². The van der Waals surface area contributed by atoms with E-state index in [0.717, 1.165) is 0 Å². The number of nitrogens with zero attached hydrogens (tertiary/aromatic N) is 2. The summed E-state index contributed by atoms with van der Waals surface area (Å²) in [6.45, 7) is 0. The summed E-state index contributed by atoms with van der Waals surface area (Å²) in [5.41, 5.74) is 0.587. The molecule has 0 saturated carbocycles. The van der Waals surface area contributed by atoms with E-state index in [1.807, 2.05) is 0 Å². The van der Waals surface area contributed by atoms with Gasteiger partial charge >= 0.3 is 0 Å². The smallest absolute Gasteiger partial charge is 0.182 e. The minimum absolute atomic E-state index is 0.104. The standard InChI is InChI=1S/C12H6F3N3S/c13-6-3-7(14)11(8(15)4-6)18-10-1-2-16-5-9(10)17-12(18)19/h1-5H,(H,17,19). The first kappa shape index (κ1) is 11.9. The summed E-state index contributed by atoms with van der Waals surface area (Å²) in [4.78, 5) is 6.66. The summed E-state index contributed by atoms with van der Waals surface area (Å²) in [5, 5.41) is 0. The molecule has 0 aliphatic heterocycles. The third-order valence-electron chi connectivity index (χ3n) is 2.69. The van der Waals surface area contributed by atoms with Crippen LogP contribution in [0.4, 0.5) is 13.2 Å². The molecule has 0 aliphatic rings. The number of imidazole rings is 1. The van der Waals surface area contributed by atoms with Crippen LogP contribution in [0.15, 0.2) is 30.6 Å². The SMILES string of the molecule is Fc1cc(F)c(-n2c(=S)[nH]c3cnccc32)c(F)c1. The highest BCUT2D eigenvalue weighted by molar-refractivity contribution is 7.71. The molecule has 3 nitrogen and oxygen atoms in total. The van der Waals surface area contributed by atoms with Gasteiger partial charge in [-0.25, -0.2) is 13.2 Å². The Hall–Kier alpha value is -2.15. The van der Waals surface area contributed by atoms with Crippen molar-refractivity contribution in [3.05, 3.63) is 52.8 Å². The Bertz CT molecular complexity index is 815. The molecule has 0 radical (unpaired) electrons. The van der Waals surface area contributed by atoms with E-state index in [-0.39, 0.29) is 4.77 Å². The number of halogens is 3. The molecule has 1 aromatic carbocycles. The van der Waals surface area contributed by atoms with Gasteiger partial charge in [-0.1, -0.05) is 0 Å². The molecule has 96 valence electrons. The number of hydrogen-bond acceptors (Lipinski definition) is 2. The van der Waals surface area contributed by atoms with Crippen LogP contribution in [0.5, 0.6) is 0 Å². The van der Waals surface area contributed by atoms with Crippen LogP contribution in [-0.2, 0) is 0 Å². The molecule has 2 aromatic heterocycles. The van der Waals surface area contributed by atoms with Crippen molar-refractivity contribution in [1.29, 1.82) is 0 Å². The highest BCUT2D eigenvalue weighted by atomic mass is 32.1. The average Bonchev–Trinajstić information content (AvgIpc) is 2.65. The van der Waals surface area contributed by atoms with Crippen molar-refractivity contribution in [2.75, 3.05) is 0 Å². The highest BCUT2D eigenvalue weighted by Crippen LogP contribution is 2.24. The van der Waals surface area contributed by atoms with Crippen molar-refractivity contribution in [3.63, 3.8) is 0 Å². The van der Waals surface area contributed by atoms with Gasteiger partial charge in [-0.2, -0.15) is 0 Å². The number of fused-ring (bicyclic) bond motifs is 1. The van der Waals surface area contributed by atoms with E-state index in [2.05, 4.69) is 9.97 Å². The molecule has 0 unspecified atom stereocenters. The summed E-state index contributed by atoms with van der Waals surface area (Å²) in [7, 11) is 0.